The van der Waals surface area contributed by atoms with E-state index >= 15 is 0 Å². The maximum absolute atomic E-state index is 12.4. The zero-order chi connectivity index (χ0) is 19.6. The molecule has 27 heavy (non-hydrogen) atoms. The van der Waals surface area contributed by atoms with E-state index in [4.69, 9.17) is 14.2 Å². The van der Waals surface area contributed by atoms with Gasteiger partial charge in [0.2, 0.25) is 22.6 Å². The molecule has 0 radical (unpaired) electrons. The van der Waals surface area contributed by atoms with Crippen LogP contribution in [0.1, 0.15) is 27.6 Å². The average Bonchev–Trinajstić information content (AvgIpc) is 3.08. The summed E-state index contributed by atoms with van der Waals surface area (Å²) in [5.41, 5.74) is 0.866. The number of carbonyl (C=O) groups excluding carboxylic acids is 2. The third kappa shape index (κ3) is 4.56. The molecule has 1 aliphatic rings. The molecule has 0 aliphatic carbocycles. The van der Waals surface area contributed by atoms with Crippen LogP contribution in [-0.2, 0) is 14.8 Å². The van der Waals surface area contributed by atoms with Crippen molar-refractivity contribution in [1.29, 1.82) is 0 Å². The number of benzene rings is 2. The van der Waals surface area contributed by atoms with Crippen molar-refractivity contribution in [2.24, 2.45) is 0 Å². The topological polar surface area (TPSA) is 108 Å². The van der Waals surface area contributed by atoms with Gasteiger partial charge in [0, 0.05) is 11.3 Å². The standard InChI is InChI=1S/C18H17NO7S/c1-11(17(20)12-3-6-14(7-4-12)19-27(2,22)23)26-18(21)13-5-8-15-16(9-13)25-10-24-15/h3-9,11,19H,10H2,1-2H3. The van der Waals surface area contributed by atoms with Crippen molar-refractivity contribution in [3.63, 3.8) is 0 Å². The molecule has 0 aromatic heterocycles. The Morgan fingerprint density at radius 1 is 1.04 bits per heavy atom. The summed E-state index contributed by atoms with van der Waals surface area (Å²) in [6, 6.07) is 10.5. The van der Waals surface area contributed by atoms with Crippen LogP contribution in [0.15, 0.2) is 42.5 Å². The Morgan fingerprint density at radius 2 is 1.67 bits per heavy atom. The Morgan fingerprint density at radius 3 is 2.33 bits per heavy atom. The van der Waals surface area contributed by atoms with Crippen LogP contribution in [0.4, 0.5) is 5.69 Å². The minimum absolute atomic E-state index is 0.0902. The molecule has 0 bridgehead atoms. The molecular weight excluding hydrogens is 374 g/mol. The maximum atomic E-state index is 12.4. The van der Waals surface area contributed by atoms with E-state index in [0.717, 1.165) is 6.26 Å². The third-order valence-corrected chi connectivity index (χ3v) is 4.34. The molecule has 1 N–H and O–H groups in total. The lowest BCUT2D eigenvalue weighted by atomic mass is 10.1. The Kier molecular flexibility index (Phi) is 5.04. The van der Waals surface area contributed by atoms with Crippen molar-refractivity contribution >= 4 is 27.5 Å². The largest absolute Gasteiger partial charge is 0.454 e. The number of carbonyl (C=O) groups is 2. The Bertz CT molecular complexity index is 983. The van der Waals surface area contributed by atoms with Crippen LogP contribution in [0.5, 0.6) is 11.5 Å². The molecule has 142 valence electrons. The van der Waals surface area contributed by atoms with E-state index in [1.807, 2.05) is 0 Å². The van der Waals surface area contributed by atoms with Crippen LogP contribution in [0, 0.1) is 0 Å². The van der Waals surface area contributed by atoms with Gasteiger partial charge in [-0.05, 0) is 49.4 Å². The minimum atomic E-state index is -3.40. The molecule has 1 atom stereocenters. The lowest BCUT2D eigenvalue weighted by Crippen LogP contribution is -2.24. The van der Waals surface area contributed by atoms with Gasteiger partial charge in [0.05, 0.1) is 11.8 Å². The Balaban J connectivity index is 1.65. The summed E-state index contributed by atoms with van der Waals surface area (Å²) in [4.78, 5) is 24.7. The Labute approximate surface area is 156 Å². The normalized spacial score (nSPS) is 13.7. The molecule has 9 heteroatoms. The van der Waals surface area contributed by atoms with Gasteiger partial charge in [0.1, 0.15) is 0 Å². The zero-order valence-corrected chi connectivity index (χ0v) is 15.4. The first-order chi connectivity index (χ1) is 12.7. The van der Waals surface area contributed by atoms with Gasteiger partial charge < -0.3 is 14.2 Å². The minimum Gasteiger partial charge on any atom is -0.454 e. The predicted octanol–water partition coefficient (Wildman–Crippen LogP) is 2.21. The highest BCUT2D eigenvalue weighted by Crippen LogP contribution is 2.32. The Hall–Kier alpha value is -3.07. The number of esters is 1. The average molecular weight is 391 g/mol. The first-order valence-electron chi connectivity index (χ1n) is 7.95. The lowest BCUT2D eigenvalue weighted by molar-refractivity contribution is 0.0318. The fraction of sp³-hybridized carbons (Fsp3) is 0.222. The van der Waals surface area contributed by atoms with Gasteiger partial charge in [0.15, 0.2) is 17.6 Å². The fourth-order valence-electron chi connectivity index (χ4n) is 2.46. The summed E-state index contributed by atoms with van der Waals surface area (Å²) >= 11 is 0. The van der Waals surface area contributed by atoms with Crippen LogP contribution < -0.4 is 14.2 Å². The summed E-state index contributed by atoms with van der Waals surface area (Å²) in [5, 5.41) is 0. The summed E-state index contributed by atoms with van der Waals surface area (Å²) in [5.74, 6) is -0.0876. The maximum Gasteiger partial charge on any atom is 0.338 e. The summed E-state index contributed by atoms with van der Waals surface area (Å²) < 4.78 is 40.3. The van der Waals surface area contributed by atoms with E-state index in [1.165, 1.54) is 43.3 Å². The number of fused-ring (bicyclic) bond motifs is 1. The number of anilines is 1. The molecule has 1 unspecified atom stereocenters. The molecule has 0 spiro atoms. The quantitative estimate of drug-likeness (QED) is 0.594. The lowest BCUT2D eigenvalue weighted by Gasteiger charge is -2.13. The first kappa shape index (κ1) is 18.7. The van der Waals surface area contributed by atoms with Crippen molar-refractivity contribution < 1.29 is 32.2 Å². The molecule has 0 amide bonds. The highest BCUT2D eigenvalue weighted by molar-refractivity contribution is 7.92. The number of nitrogens with one attached hydrogen (secondary N) is 1. The van der Waals surface area contributed by atoms with Crippen LogP contribution in [0.3, 0.4) is 0 Å². The summed E-state index contributed by atoms with van der Waals surface area (Å²) in [6.07, 6.45) is 0.0145. The summed E-state index contributed by atoms with van der Waals surface area (Å²) in [7, 11) is -3.40. The summed E-state index contributed by atoms with van der Waals surface area (Å²) in [6.45, 7) is 1.56. The second kappa shape index (κ2) is 7.28. The smallest absolute Gasteiger partial charge is 0.338 e. The van der Waals surface area contributed by atoms with E-state index < -0.39 is 27.9 Å². The van der Waals surface area contributed by atoms with Crippen LogP contribution in [0.2, 0.25) is 0 Å². The van der Waals surface area contributed by atoms with Gasteiger partial charge in [-0.2, -0.15) is 0 Å². The second-order valence-corrected chi connectivity index (χ2v) is 7.68. The predicted molar refractivity (Wildman–Crippen MR) is 96.7 cm³/mol. The highest BCUT2D eigenvalue weighted by Gasteiger charge is 2.22. The number of hydrogen-bond acceptors (Lipinski definition) is 7. The van der Waals surface area contributed by atoms with Crippen molar-refractivity contribution in [3.8, 4) is 11.5 Å². The number of ether oxygens (including phenoxy) is 3. The second-order valence-electron chi connectivity index (χ2n) is 5.93. The monoisotopic (exact) mass is 391 g/mol. The van der Waals surface area contributed by atoms with Crippen molar-refractivity contribution in [2.45, 2.75) is 13.0 Å². The van der Waals surface area contributed by atoms with Gasteiger partial charge in [-0.1, -0.05) is 0 Å². The number of sulfonamides is 1. The molecular formula is C18H17NO7S. The fourth-order valence-corrected chi connectivity index (χ4v) is 3.02. The van der Waals surface area contributed by atoms with Gasteiger partial charge in [-0.25, -0.2) is 13.2 Å². The molecule has 2 aromatic rings. The van der Waals surface area contributed by atoms with Gasteiger partial charge in [-0.3, -0.25) is 9.52 Å². The van der Waals surface area contributed by atoms with E-state index in [1.54, 1.807) is 6.07 Å². The van der Waals surface area contributed by atoms with E-state index in [-0.39, 0.29) is 12.4 Å². The molecule has 8 nitrogen and oxygen atoms in total. The molecule has 0 saturated heterocycles. The van der Waals surface area contributed by atoms with Crippen LogP contribution >= 0.6 is 0 Å². The number of hydrogen-bond donors (Lipinski definition) is 1. The molecule has 1 aliphatic heterocycles. The SMILES string of the molecule is CC(OC(=O)c1ccc2c(c1)OCO2)C(=O)c1ccc(NS(C)(=O)=O)cc1. The van der Waals surface area contributed by atoms with Crippen molar-refractivity contribution in [1.82, 2.24) is 0 Å². The van der Waals surface area contributed by atoms with Crippen molar-refractivity contribution in [2.75, 3.05) is 17.8 Å². The first-order valence-corrected chi connectivity index (χ1v) is 9.85. The van der Waals surface area contributed by atoms with Gasteiger partial charge in [-0.15, -0.1) is 0 Å². The molecule has 0 saturated carbocycles. The molecule has 3 rings (SSSR count). The van der Waals surface area contributed by atoms with E-state index in [9.17, 15) is 18.0 Å². The third-order valence-electron chi connectivity index (χ3n) is 3.73. The zero-order valence-electron chi connectivity index (χ0n) is 14.6. The molecule has 1 heterocycles. The van der Waals surface area contributed by atoms with E-state index in [2.05, 4.69) is 4.72 Å². The van der Waals surface area contributed by atoms with Gasteiger partial charge >= 0.3 is 5.97 Å². The van der Waals surface area contributed by atoms with Crippen LogP contribution in [-0.4, -0.2) is 39.3 Å². The number of Topliss-reactive ketones (excluding diaryl/α,β-unsaturated/α-hetero) is 1. The molecule has 0 fully saturated rings. The number of rotatable bonds is 6. The number of ketones is 1. The molecule has 2 aromatic carbocycles. The van der Waals surface area contributed by atoms with E-state index in [0.29, 0.717) is 22.7 Å². The van der Waals surface area contributed by atoms with Crippen LogP contribution in [0.25, 0.3) is 0 Å². The van der Waals surface area contributed by atoms with Crippen molar-refractivity contribution in [3.05, 3.63) is 53.6 Å². The highest BCUT2D eigenvalue weighted by atomic mass is 32.2. The van der Waals surface area contributed by atoms with Gasteiger partial charge in [0.25, 0.3) is 0 Å².